The lowest BCUT2D eigenvalue weighted by Gasteiger charge is -2.31. The van der Waals surface area contributed by atoms with Crippen LogP contribution in [0.1, 0.15) is 24.5 Å². The summed E-state index contributed by atoms with van der Waals surface area (Å²) in [5.74, 6) is -0.303. The lowest BCUT2D eigenvalue weighted by Crippen LogP contribution is -2.45. The standard InChI is InChI=1S/C21H22ClN3O2S/c1-4-25-19(26)12-18(20(27)24-17-9-8-13(2)10-14(17)3)28-21(25)23-16-7-5-6-15(22)11-16/h5-11,18H,4,12H2,1-3H3,(H,24,27). The highest BCUT2D eigenvalue weighted by Gasteiger charge is 2.35. The van der Waals surface area contributed by atoms with Crippen molar-refractivity contribution in [2.45, 2.75) is 32.4 Å². The number of aryl methyl sites for hydroxylation is 2. The van der Waals surface area contributed by atoms with Gasteiger partial charge in [0.15, 0.2) is 5.17 Å². The number of rotatable bonds is 4. The number of amidine groups is 1. The average Bonchev–Trinajstić information content (AvgIpc) is 2.64. The van der Waals surface area contributed by atoms with Crippen LogP contribution < -0.4 is 5.32 Å². The maximum Gasteiger partial charge on any atom is 0.238 e. The second-order valence-corrected chi connectivity index (χ2v) is 8.24. The van der Waals surface area contributed by atoms with Crippen LogP contribution in [0.25, 0.3) is 0 Å². The van der Waals surface area contributed by atoms with Gasteiger partial charge in [-0.05, 0) is 50.6 Å². The van der Waals surface area contributed by atoms with E-state index in [1.807, 2.05) is 45.0 Å². The number of nitrogens with zero attached hydrogens (tertiary/aromatic N) is 2. The molecule has 1 unspecified atom stereocenters. The van der Waals surface area contributed by atoms with E-state index in [4.69, 9.17) is 11.6 Å². The van der Waals surface area contributed by atoms with Crippen LogP contribution >= 0.6 is 23.4 Å². The second kappa shape index (κ2) is 8.80. The van der Waals surface area contributed by atoms with Crippen LogP contribution in [0.4, 0.5) is 11.4 Å². The summed E-state index contributed by atoms with van der Waals surface area (Å²) < 4.78 is 0. The maximum atomic E-state index is 12.8. The van der Waals surface area contributed by atoms with Gasteiger partial charge in [0.05, 0.1) is 5.69 Å². The van der Waals surface area contributed by atoms with Crippen molar-refractivity contribution >= 4 is 51.7 Å². The fourth-order valence-corrected chi connectivity index (χ4v) is 4.32. The summed E-state index contributed by atoms with van der Waals surface area (Å²) in [7, 11) is 0. The number of carbonyl (C=O) groups excluding carboxylic acids is 2. The van der Waals surface area contributed by atoms with E-state index in [0.29, 0.717) is 22.4 Å². The number of hydrogen-bond acceptors (Lipinski definition) is 4. The summed E-state index contributed by atoms with van der Waals surface area (Å²) in [6.07, 6.45) is 0.143. The largest absolute Gasteiger partial charge is 0.325 e. The third kappa shape index (κ3) is 4.75. The number of hydrogen-bond donors (Lipinski definition) is 1. The van der Waals surface area contributed by atoms with Gasteiger partial charge in [0.1, 0.15) is 5.25 Å². The molecule has 0 radical (unpaired) electrons. The number of nitrogens with one attached hydrogen (secondary N) is 1. The third-order valence-electron chi connectivity index (χ3n) is 4.42. The number of aliphatic imine (C=N–C) groups is 1. The van der Waals surface area contributed by atoms with Crippen LogP contribution in [0.5, 0.6) is 0 Å². The number of amides is 2. The zero-order valence-electron chi connectivity index (χ0n) is 16.0. The van der Waals surface area contributed by atoms with Gasteiger partial charge >= 0.3 is 0 Å². The maximum absolute atomic E-state index is 12.8. The molecule has 0 aliphatic carbocycles. The van der Waals surface area contributed by atoms with Crippen molar-refractivity contribution in [3.63, 3.8) is 0 Å². The van der Waals surface area contributed by atoms with Gasteiger partial charge in [-0.15, -0.1) is 0 Å². The predicted octanol–water partition coefficient (Wildman–Crippen LogP) is 4.94. The van der Waals surface area contributed by atoms with Gasteiger partial charge in [-0.1, -0.05) is 47.1 Å². The molecular formula is C21H22ClN3O2S. The van der Waals surface area contributed by atoms with E-state index < -0.39 is 5.25 Å². The molecule has 146 valence electrons. The quantitative estimate of drug-likeness (QED) is 0.769. The molecule has 0 saturated carbocycles. The Bertz CT molecular complexity index is 945. The Hall–Kier alpha value is -2.31. The fraction of sp³-hybridized carbons (Fsp3) is 0.286. The van der Waals surface area contributed by atoms with Crippen molar-refractivity contribution in [3.8, 4) is 0 Å². The molecule has 3 rings (SSSR count). The summed E-state index contributed by atoms with van der Waals surface area (Å²) in [5, 5.41) is 3.50. The summed E-state index contributed by atoms with van der Waals surface area (Å²) in [6.45, 7) is 6.34. The van der Waals surface area contributed by atoms with E-state index in [1.165, 1.54) is 11.8 Å². The van der Waals surface area contributed by atoms with Gasteiger partial charge in [-0.25, -0.2) is 4.99 Å². The molecule has 1 N–H and O–H groups in total. The molecule has 2 aromatic carbocycles. The molecule has 0 bridgehead atoms. The molecule has 0 aromatic heterocycles. The first-order chi connectivity index (χ1) is 13.4. The van der Waals surface area contributed by atoms with Crippen LogP contribution in [-0.2, 0) is 9.59 Å². The highest BCUT2D eigenvalue weighted by molar-refractivity contribution is 8.15. The van der Waals surface area contributed by atoms with E-state index in [9.17, 15) is 9.59 Å². The molecule has 2 aromatic rings. The Morgan fingerprint density at radius 1 is 1.29 bits per heavy atom. The van der Waals surface area contributed by atoms with Gasteiger partial charge < -0.3 is 5.32 Å². The first kappa shape index (κ1) is 20.4. The van der Waals surface area contributed by atoms with E-state index in [0.717, 1.165) is 16.8 Å². The number of anilines is 1. The van der Waals surface area contributed by atoms with Crippen molar-refractivity contribution in [1.82, 2.24) is 4.90 Å². The molecular weight excluding hydrogens is 394 g/mol. The molecule has 1 aliphatic rings. The molecule has 7 heteroatoms. The second-order valence-electron chi connectivity index (χ2n) is 6.63. The molecule has 1 fully saturated rings. The van der Waals surface area contributed by atoms with Crippen LogP contribution in [-0.4, -0.2) is 33.7 Å². The Morgan fingerprint density at radius 3 is 2.75 bits per heavy atom. The van der Waals surface area contributed by atoms with E-state index >= 15 is 0 Å². The Labute approximate surface area is 174 Å². The molecule has 28 heavy (non-hydrogen) atoms. The van der Waals surface area contributed by atoms with E-state index in [2.05, 4.69) is 10.3 Å². The van der Waals surface area contributed by atoms with Crippen molar-refractivity contribution < 1.29 is 9.59 Å². The molecule has 0 spiro atoms. The normalized spacial score (nSPS) is 18.4. The molecule has 1 atom stereocenters. The van der Waals surface area contributed by atoms with Crippen LogP contribution in [0.15, 0.2) is 47.5 Å². The first-order valence-corrected chi connectivity index (χ1v) is 10.3. The summed E-state index contributed by atoms with van der Waals surface area (Å²) in [6, 6.07) is 13.0. The van der Waals surface area contributed by atoms with Crippen molar-refractivity contribution in [1.29, 1.82) is 0 Å². The lowest BCUT2D eigenvalue weighted by molar-refractivity contribution is -0.129. The van der Waals surface area contributed by atoms with Gasteiger partial charge in [0.25, 0.3) is 0 Å². The van der Waals surface area contributed by atoms with Crippen LogP contribution in [0, 0.1) is 13.8 Å². The number of benzene rings is 2. The van der Waals surface area contributed by atoms with Crippen molar-refractivity contribution in [3.05, 3.63) is 58.6 Å². The first-order valence-electron chi connectivity index (χ1n) is 9.06. The average molecular weight is 416 g/mol. The number of thioether (sulfide) groups is 1. The highest BCUT2D eigenvalue weighted by atomic mass is 35.5. The molecule has 1 saturated heterocycles. The van der Waals surface area contributed by atoms with Gasteiger partial charge in [-0.2, -0.15) is 0 Å². The third-order valence-corrected chi connectivity index (χ3v) is 5.84. The number of carbonyl (C=O) groups is 2. The zero-order valence-corrected chi connectivity index (χ0v) is 17.6. The molecule has 1 heterocycles. The zero-order chi connectivity index (χ0) is 20.3. The van der Waals surface area contributed by atoms with Crippen molar-refractivity contribution in [2.75, 3.05) is 11.9 Å². The smallest absolute Gasteiger partial charge is 0.238 e. The SMILES string of the molecule is CCN1C(=O)CC(C(=O)Nc2ccc(C)cc2C)SC1=Nc1cccc(Cl)c1. The van der Waals surface area contributed by atoms with Gasteiger partial charge in [0.2, 0.25) is 11.8 Å². The highest BCUT2D eigenvalue weighted by Crippen LogP contribution is 2.30. The lowest BCUT2D eigenvalue weighted by atomic mass is 10.1. The van der Waals surface area contributed by atoms with Crippen LogP contribution in [0.3, 0.4) is 0 Å². The van der Waals surface area contributed by atoms with Gasteiger partial charge in [-0.3, -0.25) is 14.5 Å². The van der Waals surface area contributed by atoms with Crippen molar-refractivity contribution in [2.24, 2.45) is 4.99 Å². The monoisotopic (exact) mass is 415 g/mol. The molecule has 2 amide bonds. The Balaban J connectivity index is 1.82. The Kier molecular flexibility index (Phi) is 6.42. The fourth-order valence-electron chi connectivity index (χ4n) is 2.98. The number of halogens is 1. The summed E-state index contributed by atoms with van der Waals surface area (Å²) >= 11 is 7.34. The topological polar surface area (TPSA) is 61.8 Å². The summed E-state index contributed by atoms with van der Waals surface area (Å²) in [4.78, 5) is 31.6. The Morgan fingerprint density at radius 2 is 2.07 bits per heavy atom. The minimum absolute atomic E-state index is 0.109. The van der Waals surface area contributed by atoms with E-state index in [1.54, 1.807) is 23.1 Å². The van der Waals surface area contributed by atoms with Crippen LogP contribution in [0.2, 0.25) is 5.02 Å². The predicted molar refractivity (Wildman–Crippen MR) is 116 cm³/mol. The molecule has 5 nitrogen and oxygen atoms in total. The van der Waals surface area contributed by atoms with Gasteiger partial charge in [0, 0.05) is 23.7 Å². The summed E-state index contributed by atoms with van der Waals surface area (Å²) in [5.41, 5.74) is 3.53. The molecule has 1 aliphatic heterocycles. The minimum Gasteiger partial charge on any atom is -0.325 e. The van der Waals surface area contributed by atoms with E-state index in [-0.39, 0.29) is 18.2 Å². The minimum atomic E-state index is -0.533.